The van der Waals surface area contributed by atoms with Crippen LogP contribution in [0.3, 0.4) is 0 Å². The van der Waals surface area contributed by atoms with Crippen molar-refractivity contribution < 1.29 is 18.7 Å². The maximum atomic E-state index is 13.4. The molecule has 0 saturated carbocycles. The molecule has 27 heavy (non-hydrogen) atoms. The molecule has 0 aliphatic carbocycles. The standard InChI is InChI=1S/C19H18FN3O3S/c1-12(24)21-15-6-7-16-17(11-15)27-19(23(16)8-9-26-2)22-18(25)13-4-3-5-14(20)10-13/h3-7,10-11H,8-9H2,1-2H3,(H,21,24). The molecule has 2 amide bonds. The van der Waals surface area contributed by atoms with E-state index in [0.717, 1.165) is 16.3 Å². The molecule has 0 atom stereocenters. The van der Waals surface area contributed by atoms with E-state index in [1.807, 2.05) is 16.7 Å². The third-order valence-electron chi connectivity index (χ3n) is 3.79. The summed E-state index contributed by atoms with van der Waals surface area (Å²) < 4.78 is 21.3. The summed E-state index contributed by atoms with van der Waals surface area (Å²) in [7, 11) is 1.60. The van der Waals surface area contributed by atoms with Gasteiger partial charge in [0.25, 0.3) is 5.91 Å². The Morgan fingerprint density at radius 1 is 1.26 bits per heavy atom. The number of methoxy groups -OCH3 is 1. The zero-order valence-corrected chi connectivity index (χ0v) is 15.7. The molecule has 1 heterocycles. The first-order valence-electron chi connectivity index (χ1n) is 8.22. The van der Waals surface area contributed by atoms with Crippen LogP contribution in [0.25, 0.3) is 10.2 Å². The summed E-state index contributed by atoms with van der Waals surface area (Å²) in [6, 6.07) is 10.9. The van der Waals surface area contributed by atoms with Crippen LogP contribution in [0.1, 0.15) is 17.3 Å². The van der Waals surface area contributed by atoms with Crippen LogP contribution in [0.5, 0.6) is 0 Å². The highest BCUT2D eigenvalue weighted by atomic mass is 32.1. The van der Waals surface area contributed by atoms with E-state index in [1.54, 1.807) is 13.2 Å². The number of carbonyl (C=O) groups is 2. The van der Waals surface area contributed by atoms with Crippen LogP contribution in [0.2, 0.25) is 0 Å². The van der Waals surface area contributed by atoms with Gasteiger partial charge in [-0.3, -0.25) is 9.59 Å². The minimum Gasteiger partial charge on any atom is -0.383 e. The summed E-state index contributed by atoms with van der Waals surface area (Å²) in [6.45, 7) is 2.39. The predicted octanol–water partition coefficient (Wildman–Crippen LogP) is 3.19. The number of amides is 2. The van der Waals surface area contributed by atoms with Crippen LogP contribution in [-0.4, -0.2) is 30.1 Å². The lowest BCUT2D eigenvalue weighted by molar-refractivity contribution is -0.114. The number of halogens is 1. The van der Waals surface area contributed by atoms with E-state index >= 15 is 0 Å². The Labute approximate surface area is 158 Å². The van der Waals surface area contributed by atoms with Gasteiger partial charge in [0.2, 0.25) is 5.91 Å². The van der Waals surface area contributed by atoms with Crippen molar-refractivity contribution in [1.82, 2.24) is 4.57 Å². The van der Waals surface area contributed by atoms with E-state index in [0.29, 0.717) is 23.6 Å². The molecular weight excluding hydrogens is 369 g/mol. The summed E-state index contributed by atoms with van der Waals surface area (Å²) in [5, 5.41) is 2.74. The van der Waals surface area contributed by atoms with Crippen molar-refractivity contribution in [2.75, 3.05) is 19.0 Å². The molecule has 1 aromatic heterocycles. The van der Waals surface area contributed by atoms with Crippen molar-refractivity contribution in [2.45, 2.75) is 13.5 Å². The summed E-state index contributed by atoms with van der Waals surface area (Å²) in [5.41, 5.74) is 1.72. The minimum atomic E-state index is -0.519. The number of carbonyl (C=O) groups excluding carboxylic acids is 2. The summed E-state index contributed by atoms with van der Waals surface area (Å²) >= 11 is 1.32. The van der Waals surface area contributed by atoms with Crippen molar-refractivity contribution in [3.63, 3.8) is 0 Å². The monoisotopic (exact) mass is 387 g/mol. The van der Waals surface area contributed by atoms with Gasteiger partial charge < -0.3 is 14.6 Å². The van der Waals surface area contributed by atoms with E-state index in [1.165, 1.54) is 36.5 Å². The number of aromatic nitrogens is 1. The topological polar surface area (TPSA) is 72.7 Å². The van der Waals surface area contributed by atoms with Gasteiger partial charge in [-0.25, -0.2) is 4.39 Å². The van der Waals surface area contributed by atoms with Gasteiger partial charge in [0.1, 0.15) is 5.82 Å². The molecule has 140 valence electrons. The van der Waals surface area contributed by atoms with Crippen molar-refractivity contribution in [2.24, 2.45) is 4.99 Å². The van der Waals surface area contributed by atoms with Crippen LogP contribution in [0.15, 0.2) is 47.5 Å². The van der Waals surface area contributed by atoms with E-state index < -0.39 is 11.7 Å². The molecule has 2 aromatic carbocycles. The number of fused-ring (bicyclic) bond motifs is 1. The first-order chi connectivity index (χ1) is 13.0. The van der Waals surface area contributed by atoms with E-state index in [2.05, 4.69) is 10.3 Å². The Kier molecular flexibility index (Phi) is 5.78. The lowest BCUT2D eigenvalue weighted by Crippen LogP contribution is -2.19. The molecule has 6 nitrogen and oxygen atoms in total. The van der Waals surface area contributed by atoms with Crippen LogP contribution < -0.4 is 10.1 Å². The second-order valence-electron chi connectivity index (χ2n) is 5.82. The average molecular weight is 387 g/mol. The molecule has 8 heteroatoms. The number of anilines is 1. The SMILES string of the molecule is COCCn1c(=NC(=O)c2cccc(F)c2)sc2cc(NC(C)=O)ccc21. The Hall–Kier alpha value is -2.84. The molecular formula is C19H18FN3O3S. The molecule has 0 saturated heterocycles. The molecule has 0 bridgehead atoms. The maximum absolute atomic E-state index is 13.4. The zero-order chi connectivity index (χ0) is 19.4. The second kappa shape index (κ2) is 8.24. The van der Waals surface area contributed by atoms with Crippen LogP contribution in [-0.2, 0) is 16.1 Å². The minimum absolute atomic E-state index is 0.163. The molecule has 0 spiro atoms. The van der Waals surface area contributed by atoms with Crippen molar-refractivity contribution in [1.29, 1.82) is 0 Å². The number of rotatable bonds is 5. The Bertz CT molecular complexity index is 1070. The molecule has 0 fully saturated rings. The van der Waals surface area contributed by atoms with Crippen LogP contribution in [0.4, 0.5) is 10.1 Å². The van der Waals surface area contributed by atoms with Crippen molar-refractivity contribution >= 4 is 39.1 Å². The highest BCUT2D eigenvalue weighted by molar-refractivity contribution is 7.16. The number of nitrogens with zero attached hydrogens (tertiary/aromatic N) is 2. The van der Waals surface area contributed by atoms with Gasteiger partial charge in [-0.1, -0.05) is 17.4 Å². The van der Waals surface area contributed by atoms with Crippen LogP contribution >= 0.6 is 11.3 Å². The number of benzene rings is 2. The maximum Gasteiger partial charge on any atom is 0.279 e. The number of thiazole rings is 1. The predicted molar refractivity (Wildman–Crippen MR) is 102 cm³/mol. The number of nitrogens with one attached hydrogen (secondary N) is 1. The number of hydrogen-bond donors (Lipinski definition) is 1. The Morgan fingerprint density at radius 2 is 2.07 bits per heavy atom. The quantitative estimate of drug-likeness (QED) is 0.731. The number of ether oxygens (including phenoxy) is 1. The van der Waals surface area contributed by atoms with Gasteiger partial charge in [0.15, 0.2) is 4.80 Å². The largest absolute Gasteiger partial charge is 0.383 e. The van der Waals surface area contributed by atoms with Gasteiger partial charge in [-0.05, 0) is 36.4 Å². The Morgan fingerprint density at radius 3 is 2.78 bits per heavy atom. The zero-order valence-electron chi connectivity index (χ0n) is 14.9. The molecule has 3 rings (SSSR count). The van der Waals surface area contributed by atoms with E-state index in [-0.39, 0.29) is 11.5 Å². The Balaban J connectivity index is 2.09. The van der Waals surface area contributed by atoms with Gasteiger partial charge in [-0.15, -0.1) is 0 Å². The lowest BCUT2D eigenvalue weighted by Gasteiger charge is -2.05. The molecule has 0 aliphatic heterocycles. The molecule has 0 aliphatic rings. The highest BCUT2D eigenvalue weighted by Crippen LogP contribution is 2.22. The molecule has 0 unspecified atom stereocenters. The average Bonchev–Trinajstić information content (AvgIpc) is 2.95. The summed E-state index contributed by atoms with van der Waals surface area (Å²) in [4.78, 5) is 28.4. The third kappa shape index (κ3) is 4.47. The number of hydrogen-bond acceptors (Lipinski definition) is 4. The van der Waals surface area contributed by atoms with Gasteiger partial charge >= 0.3 is 0 Å². The first-order valence-corrected chi connectivity index (χ1v) is 9.04. The lowest BCUT2D eigenvalue weighted by atomic mass is 10.2. The smallest absolute Gasteiger partial charge is 0.279 e. The highest BCUT2D eigenvalue weighted by Gasteiger charge is 2.11. The fourth-order valence-corrected chi connectivity index (χ4v) is 3.70. The molecule has 1 N–H and O–H groups in total. The van der Waals surface area contributed by atoms with E-state index in [9.17, 15) is 14.0 Å². The fraction of sp³-hybridized carbons (Fsp3) is 0.211. The molecule has 3 aromatic rings. The van der Waals surface area contributed by atoms with E-state index in [4.69, 9.17) is 4.74 Å². The van der Waals surface area contributed by atoms with Crippen molar-refractivity contribution in [3.05, 3.63) is 58.6 Å². The fourth-order valence-electron chi connectivity index (χ4n) is 2.61. The summed E-state index contributed by atoms with van der Waals surface area (Å²) in [5.74, 6) is -1.17. The van der Waals surface area contributed by atoms with Gasteiger partial charge in [0.05, 0.1) is 16.8 Å². The first kappa shape index (κ1) is 18.9. The van der Waals surface area contributed by atoms with Gasteiger partial charge in [0, 0.05) is 31.8 Å². The normalized spacial score (nSPS) is 11.7. The third-order valence-corrected chi connectivity index (χ3v) is 4.83. The van der Waals surface area contributed by atoms with Gasteiger partial charge in [-0.2, -0.15) is 4.99 Å². The molecule has 0 radical (unpaired) electrons. The van der Waals surface area contributed by atoms with Crippen molar-refractivity contribution in [3.8, 4) is 0 Å². The summed E-state index contributed by atoms with van der Waals surface area (Å²) in [6.07, 6.45) is 0. The van der Waals surface area contributed by atoms with Crippen LogP contribution in [0, 0.1) is 5.82 Å². The second-order valence-corrected chi connectivity index (χ2v) is 6.83.